The summed E-state index contributed by atoms with van der Waals surface area (Å²) in [6.45, 7) is 3.65. The van der Waals surface area contributed by atoms with E-state index in [2.05, 4.69) is 6.92 Å². The molecule has 0 aromatic heterocycles. The minimum absolute atomic E-state index is 0.102. The molecule has 2 aliphatic carbocycles. The fourth-order valence-corrected chi connectivity index (χ4v) is 6.55. The maximum atomic E-state index is 14.8. The zero-order valence-electron chi connectivity index (χ0n) is 18.9. The first-order chi connectivity index (χ1) is 14.8. The van der Waals surface area contributed by atoms with Gasteiger partial charge < -0.3 is 9.84 Å². The molecule has 1 aliphatic heterocycles. The van der Waals surface area contributed by atoms with Crippen LogP contribution in [0.2, 0.25) is 0 Å². The van der Waals surface area contributed by atoms with Crippen molar-refractivity contribution in [2.45, 2.75) is 103 Å². The van der Waals surface area contributed by atoms with Crippen molar-refractivity contribution in [1.82, 2.24) is 0 Å². The molecule has 0 radical (unpaired) electrons. The molecule has 31 heavy (non-hydrogen) atoms. The second-order valence-corrected chi connectivity index (χ2v) is 10.3. The summed E-state index contributed by atoms with van der Waals surface area (Å²) in [7, 11) is 0. The summed E-state index contributed by atoms with van der Waals surface area (Å²) in [6.07, 6.45) is 7.00. The van der Waals surface area contributed by atoms with Crippen LogP contribution in [0.15, 0.2) is 12.1 Å². The summed E-state index contributed by atoms with van der Waals surface area (Å²) in [5.41, 5.74) is -0.464. The Hall–Kier alpha value is -1.07. The Morgan fingerprint density at radius 1 is 1.00 bits per heavy atom. The molecule has 2 nitrogen and oxygen atoms in total. The Morgan fingerprint density at radius 3 is 2.16 bits per heavy atom. The average Bonchev–Trinajstić information content (AvgIpc) is 2.73. The van der Waals surface area contributed by atoms with Crippen molar-refractivity contribution in [2.75, 3.05) is 0 Å². The molecule has 2 fully saturated rings. The van der Waals surface area contributed by atoms with E-state index in [4.69, 9.17) is 4.74 Å². The summed E-state index contributed by atoms with van der Waals surface area (Å²) in [5, 5.41) is 9.68. The van der Waals surface area contributed by atoms with Gasteiger partial charge in [0.2, 0.25) is 0 Å². The number of fused-ring (bicyclic) bond motifs is 1. The third-order valence-corrected chi connectivity index (χ3v) is 8.32. The summed E-state index contributed by atoms with van der Waals surface area (Å²) < 4.78 is 49.6. The van der Waals surface area contributed by atoms with Gasteiger partial charge in [0.15, 0.2) is 0 Å². The maximum absolute atomic E-state index is 14.8. The second kappa shape index (κ2) is 9.43. The van der Waals surface area contributed by atoms with Crippen molar-refractivity contribution in [3.05, 3.63) is 34.6 Å². The predicted octanol–water partition coefficient (Wildman–Crippen LogP) is 7.28. The molecule has 1 heterocycles. The lowest BCUT2D eigenvalue weighted by Crippen LogP contribution is -2.41. The van der Waals surface area contributed by atoms with E-state index in [0.29, 0.717) is 12.0 Å². The van der Waals surface area contributed by atoms with Gasteiger partial charge in [-0.2, -0.15) is 8.78 Å². The van der Waals surface area contributed by atoms with Crippen molar-refractivity contribution < 1.29 is 23.0 Å². The number of hydrogen-bond acceptors (Lipinski definition) is 2. The lowest BCUT2D eigenvalue weighted by Gasteiger charge is -2.42. The Bertz CT molecular complexity index is 747. The highest BCUT2D eigenvalue weighted by molar-refractivity contribution is 5.38. The second-order valence-electron chi connectivity index (χ2n) is 10.3. The van der Waals surface area contributed by atoms with E-state index in [1.54, 1.807) is 6.07 Å². The highest BCUT2D eigenvalue weighted by Gasteiger charge is 2.48. The number of aliphatic hydroxyl groups is 1. The van der Waals surface area contributed by atoms with Gasteiger partial charge in [-0.1, -0.05) is 44.7 Å². The van der Waals surface area contributed by atoms with Crippen LogP contribution in [0.4, 0.5) is 13.2 Å². The molecule has 174 valence electrons. The lowest BCUT2D eigenvalue weighted by atomic mass is 9.67. The molecule has 2 unspecified atom stereocenters. The van der Waals surface area contributed by atoms with Gasteiger partial charge in [0.25, 0.3) is 0 Å². The van der Waals surface area contributed by atoms with E-state index in [9.17, 15) is 18.3 Å². The first kappa shape index (κ1) is 23.1. The predicted molar refractivity (Wildman–Crippen MR) is 115 cm³/mol. The Morgan fingerprint density at radius 2 is 1.58 bits per heavy atom. The van der Waals surface area contributed by atoms with Gasteiger partial charge in [-0.3, -0.25) is 0 Å². The van der Waals surface area contributed by atoms with E-state index in [1.807, 2.05) is 0 Å². The van der Waals surface area contributed by atoms with Crippen LogP contribution in [0.1, 0.15) is 101 Å². The summed E-state index contributed by atoms with van der Waals surface area (Å²) in [4.78, 5) is 0. The van der Waals surface area contributed by atoms with Gasteiger partial charge in [0, 0.05) is 5.56 Å². The molecular weight excluding hydrogens is 401 g/mol. The first-order valence-corrected chi connectivity index (χ1v) is 12.4. The van der Waals surface area contributed by atoms with E-state index in [0.717, 1.165) is 43.4 Å². The van der Waals surface area contributed by atoms with Gasteiger partial charge in [-0.05, 0) is 81.1 Å². The third-order valence-electron chi connectivity index (χ3n) is 8.32. The Balaban J connectivity index is 1.38. The standard InChI is InChI=1S/C26H37F3O2/c1-3-4-17-5-7-18(8-6-17)19-9-11-20(12-10-19)23-15-21-13-14-22(16(2)30)25(27)24(21)26(28,29)31-23/h13-14,16-20,23,30H,3-12,15H2,1-2H3. The fourth-order valence-electron chi connectivity index (χ4n) is 6.55. The molecule has 0 saturated heterocycles. The van der Waals surface area contributed by atoms with Gasteiger partial charge in [0.1, 0.15) is 5.82 Å². The number of ether oxygens (including phenoxy) is 1. The number of halogens is 3. The monoisotopic (exact) mass is 438 g/mol. The topological polar surface area (TPSA) is 29.5 Å². The quantitative estimate of drug-likeness (QED) is 0.523. The summed E-state index contributed by atoms with van der Waals surface area (Å²) in [5.74, 6) is 1.51. The highest BCUT2D eigenvalue weighted by Crippen LogP contribution is 2.47. The average molecular weight is 439 g/mol. The van der Waals surface area contributed by atoms with Gasteiger partial charge >= 0.3 is 6.11 Å². The SMILES string of the molecule is CCCC1CCC(C2CCC(C3Cc4ccc(C(C)O)c(F)c4C(F)(F)O3)CC2)CC1. The Kier molecular flexibility index (Phi) is 7.02. The first-order valence-electron chi connectivity index (χ1n) is 12.4. The van der Waals surface area contributed by atoms with Crippen LogP contribution in [0.5, 0.6) is 0 Å². The largest absolute Gasteiger partial charge is 0.389 e. The van der Waals surface area contributed by atoms with Gasteiger partial charge in [-0.25, -0.2) is 4.39 Å². The zero-order valence-corrected chi connectivity index (χ0v) is 18.9. The van der Waals surface area contributed by atoms with Crippen LogP contribution >= 0.6 is 0 Å². The minimum atomic E-state index is -3.65. The molecule has 4 rings (SSSR count). The van der Waals surface area contributed by atoms with Gasteiger partial charge in [-0.15, -0.1) is 0 Å². The van der Waals surface area contributed by atoms with E-state index >= 15 is 0 Å². The Labute approximate surface area is 184 Å². The van der Waals surface area contributed by atoms with Crippen LogP contribution < -0.4 is 0 Å². The molecule has 2 atom stereocenters. The van der Waals surface area contributed by atoms with Crippen molar-refractivity contribution in [2.24, 2.45) is 23.7 Å². The smallest absolute Gasteiger partial charge is 0.386 e. The van der Waals surface area contributed by atoms with Crippen LogP contribution in [0, 0.1) is 29.5 Å². The van der Waals surface area contributed by atoms with Crippen molar-refractivity contribution in [1.29, 1.82) is 0 Å². The van der Waals surface area contributed by atoms with Gasteiger partial charge in [0.05, 0.1) is 17.8 Å². The molecular formula is C26H37F3O2. The molecule has 0 amide bonds. The molecule has 1 aromatic rings. The van der Waals surface area contributed by atoms with Crippen LogP contribution in [0.25, 0.3) is 0 Å². The van der Waals surface area contributed by atoms with Crippen molar-refractivity contribution in [3.8, 4) is 0 Å². The van der Waals surface area contributed by atoms with Crippen LogP contribution in [0.3, 0.4) is 0 Å². The van der Waals surface area contributed by atoms with Crippen LogP contribution in [-0.2, 0) is 17.3 Å². The van der Waals surface area contributed by atoms with E-state index in [-0.39, 0.29) is 11.5 Å². The number of benzene rings is 1. The fraction of sp³-hybridized carbons (Fsp3) is 0.769. The molecule has 0 spiro atoms. The maximum Gasteiger partial charge on any atom is 0.386 e. The molecule has 3 aliphatic rings. The third kappa shape index (κ3) is 4.83. The molecule has 1 aromatic carbocycles. The van der Waals surface area contributed by atoms with E-state index in [1.165, 1.54) is 51.5 Å². The molecule has 2 saturated carbocycles. The van der Waals surface area contributed by atoms with Crippen molar-refractivity contribution >= 4 is 0 Å². The molecule has 1 N–H and O–H groups in total. The number of alkyl halides is 2. The van der Waals surface area contributed by atoms with E-state index < -0.39 is 29.7 Å². The summed E-state index contributed by atoms with van der Waals surface area (Å²) >= 11 is 0. The number of rotatable bonds is 5. The zero-order chi connectivity index (χ0) is 22.2. The number of hydrogen-bond donors (Lipinski definition) is 1. The molecule has 0 bridgehead atoms. The molecule has 5 heteroatoms. The lowest BCUT2D eigenvalue weighted by molar-refractivity contribution is -0.292. The normalized spacial score (nSPS) is 34.2. The highest BCUT2D eigenvalue weighted by atomic mass is 19.3. The van der Waals surface area contributed by atoms with Crippen molar-refractivity contribution in [3.63, 3.8) is 0 Å². The number of aliphatic hydroxyl groups excluding tert-OH is 1. The summed E-state index contributed by atoms with van der Waals surface area (Å²) in [6, 6.07) is 2.98. The van der Waals surface area contributed by atoms with Crippen LogP contribution in [-0.4, -0.2) is 11.2 Å². The minimum Gasteiger partial charge on any atom is -0.389 e.